The number of rotatable bonds is 11. The van der Waals surface area contributed by atoms with Crippen molar-refractivity contribution in [3.8, 4) is 28.7 Å². The molecule has 0 saturated heterocycles. The highest BCUT2D eigenvalue weighted by atomic mass is 32.2. The lowest BCUT2D eigenvalue weighted by Gasteiger charge is -2.14. The van der Waals surface area contributed by atoms with Crippen LogP contribution in [0.3, 0.4) is 0 Å². The van der Waals surface area contributed by atoms with Gasteiger partial charge in [-0.2, -0.15) is 0 Å². The first-order valence-corrected chi connectivity index (χ1v) is 11.1. The fraction of sp³-hybridized carbons (Fsp3) is 0.348. The zero-order chi connectivity index (χ0) is 23.7. The average molecular weight is 464 g/mol. The van der Waals surface area contributed by atoms with Crippen LogP contribution in [0.2, 0.25) is 0 Å². The van der Waals surface area contributed by atoms with Crippen LogP contribution in [-0.2, 0) is 21.7 Å². The summed E-state index contributed by atoms with van der Waals surface area (Å²) in [6, 6.07) is 8.57. The molecule has 32 heavy (non-hydrogen) atoms. The van der Waals surface area contributed by atoms with E-state index in [2.05, 4.69) is 0 Å². The first-order chi connectivity index (χ1) is 15.3. The van der Waals surface area contributed by atoms with E-state index in [4.69, 9.17) is 23.7 Å². The molecule has 0 spiro atoms. The van der Waals surface area contributed by atoms with Crippen LogP contribution in [0, 0.1) is 0 Å². The maximum atomic E-state index is 12.7. The molecule has 2 aromatic carbocycles. The van der Waals surface area contributed by atoms with Crippen molar-refractivity contribution in [1.29, 1.82) is 0 Å². The molecule has 174 valence electrons. The minimum absolute atomic E-state index is 0.133. The Bertz CT molecular complexity index is 921. The Hall–Kier alpha value is -2.88. The van der Waals surface area contributed by atoms with Gasteiger partial charge in [0.05, 0.1) is 40.5 Å². The van der Waals surface area contributed by atoms with Crippen molar-refractivity contribution in [2.45, 2.75) is 5.75 Å². The van der Waals surface area contributed by atoms with Crippen LogP contribution in [0.5, 0.6) is 28.7 Å². The third-order valence-electron chi connectivity index (χ3n) is 4.35. The van der Waals surface area contributed by atoms with Crippen LogP contribution in [0.1, 0.15) is 11.1 Å². The Balaban J connectivity index is 2.19. The summed E-state index contributed by atoms with van der Waals surface area (Å²) in [5, 5.41) is 1.56. The summed E-state index contributed by atoms with van der Waals surface area (Å²) in [6.07, 6.45) is 1.69. The number of likely N-dealkylation sites (N-methyl/N-ethyl adjacent to an activating group) is 1. The van der Waals surface area contributed by atoms with E-state index >= 15 is 0 Å². The average Bonchev–Trinajstić information content (AvgIpc) is 2.76. The minimum Gasteiger partial charge on any atom is -0.612 e. The number of ether oxygens (including phenoxy) is 5. The number of hydrogen-bond donors (Lipinski definition) is 0. The van der Waals surface area contributed by atoms with E-state index < -0.39 is 17.1 Å². The van der Waals surface area contributed by atoms with Crippen LogP contribution in [-0.4, -0.2) is 64.5 Å². The van der Waals surface area contributed by atoms with Crippen molar-refractivity contribution in [2.24, 2.45) is 0 Å². The third-order valence-corrected chi connectivity index (χ3v) is 5.40. The SMILES string of the molecule is COc1cc(OC)c(C=C[S+]([O-])Cc2ccc(OC)c(OC(=O)CN(C)C)c2)c(OC)c1. The van der Waals surface area contributed by atoms with Crippen LogP contribution in [0.4, 0.5) is 0 Å². The molecule has 0 aliphatic heterocycles. The summed E-state index contributed by atoms with van der Waals surface area (Å²) in [5.74, 6) is 2.19. The topological polar surface area (TPSA) is 89.5 Å². The van der Waals surface area contributed by atoms with Crippen LogP contribution >= 0.6 is 0 Å². The Morgan fingerprint density at radius 1 is 0.938 bits per heavy atom. The second-order valence-electron chi connectivity index (χ2n) is 6.97. The quantitative estimate of drug-likeness (QED) is 0.285. The molecule has 2 rings (SSSR count). The molecule has 2 aromatic rings. The second-order valence-corrected chi connectivity index (χ2v) is 8.29. The first kappa shape index (κ1) is 25.4. The maximum absolute atomic E-state index is 12.7. The van der Waals surface area contributed by atoms with Gasteiger partial charge in [0.15, 0.2) is 11.5 Å². The van der Waals surface area contributed by atoms with Gasteiger partial charge < -0.3 is 28.2 Å². The number of benzene rings is 2. The van der Waals surface area contributed by atoms with Crippen LogP contribution < -0.4 is 23.7 Å². The van der Waals surface area contributed by atoms with E-state index in [9.17, 15) is 9.35 Å². The van der Waals surface area contributed by atoms with E-state index in [1.54, 1.807) is 82.1 Å². The molecule has 0 N–H and O–H groups in total. The minimum atomic E-state index is -1.35. The summed E-state index contributed by atoms with van der Waals surface area (Å²) >= 11 is -1.35. The van der Waals surface area contributed by atoms with E-state index in [0.29, 0.717) is 28.6 Å². The first-order valence-electron chi connectivity index (χ1n) is 9.69. The summed E-state index contributed by atoms with van der Waals surface area (Å²) < 4.78 is 39.5. The fourth-order valence-corrected chi connectivity index (χ4v) is 3.75. The number of carbonyl (C=O) groups excluding carboxylic acids is 1. The number of carbonyl (C=O) groups is 1. The smallest absolute Gasteiger partial charge is 0.325 e. The van der Waals surface area contributed by atoms with Gasteiger partial charge >= 0.3 is 5.97 Å². The highest BCUT2D eigenvalue weighted by Crippen LogP contribution is 2.35. The van der Waals surface area contributed by atoms with E-state index in [1.807, 2.05) is 0 Å². The number of hydrogen-bond acceptors (Lipinski definition) is 8. The molecule has 8 nitrogen and oxygen atoms in total. The van der Waals surface area contributed by atoms with Gasteiger partial charge in [0.25, 0.3) is 0 Å². The van der Waals surface area contributed by atoms with Gasteiger partial charge in [-0.05, 0) is 37.4 Å². The molecule has 0 aromatic heterocycles. The lowest BCUT2D eigenvalue weighted by atomic mass is 10.1. The molecule has 0 saturated carbocycles. The molecule has 0 bridgehead atoms. The predicted molar refractivity (Wildman–Crippen MR) is 124 cm³/mol. The van der Waals surface area contributed by atoms with E-state index in [0.717, 1.165) is 5.56 Å². The maximum Gasteiger partial charge on any atom is 0.325 e. The summed E-state index contributed by atoms with van der Waals surface area (Å²) in [5.41, 5.74) is 1.38. The van der Waals surface area contributed by atoms with E-state index in [-0.39, 0.29) is 18.0 Å². The standard InChI is InChI=1S/C23H29NO7S/c1-24(2)14-23(25)31-22-11-16(7-8-19(22)28-4)15-32(26)10-9-18-20(29-5)12-17(27-3)13-21(18)30-6/h7-13H,14-15H2,1-6H3. The van der Waals surface area contributed by atoms with Crippen molar-refractivity contribution in [3.05, 3.63) is 46.9 Å². The second kappa shape index (κ2) is 12.2. The number of nitrogens with zero attached hydrogens (tertiary/aromatic N) is 1. The monoisotopic (exact) mass is 463 g/mol. The molecule has 0 amide bonds. The normalized spacial score (nSPS) is 12.0. The zero-order valence-electron chi connectivity index (χ0n) is 19.2. The predicted octanol–water partition coefficient (Wildman–Crippen LogP) is 3.11. The van der Waals surface area contributed by atoms with Crippen molar-refractivity contribution in [2.75, 3.05) is 49.1 Å². The molecule has 0 aliphatic rings. The molecule has 9 heteroatoms. The van der Waals surface area contributed by atoms with E-state index in [1.165, 1.54) is 7.11 Å². The van der Waals surface area contributed by atoms with Crippen molar-refractivity contribution < 1.29 is 33.0 Å². The molecule has 0 heterocycles. The Morgan fingerprint density at radius 3 is 2.09 bits per heavy atom. The molecule has 0 fully saturated rings. The van der Waals surface area contributed by atoms with Crippen LogP contribution in [0.15, 0.2) is 35.7 Å². The number of methoxy groups -OCH3 is 4. The van der Waals surface area contributed by atoms with Crippen LogP contribution in [0.25, 0.3) is 6.08 Å². The summed E-state index contributed by atoms with van der Waals surface area (Å²) in [7, 11) is 9.68. The van der Waals surface area contributed by atoms with Gasteiger partial charge in [0.1, 0.15) is 28.4 Å². The largest absolute Gasteiger partial charge is 0.612 e. The van der Waals surface area contributed by atoms with Gasteiger partial charge in [-0.3, -0.25) is 9.69 Å². The Morgan fingerprint density at radius 2 is 1.56 bits per heavy atom. The summed E-state index contributed by atoms with van der Waals surface area (Å²) in [4.78, 5) is 13.7. The van der Waals surface area contributed by atoms with Crippen molar-refractivity contribution in [3.63, 3.8) is 0 Å². The van der Waals surface area contributed by atoms with Gasteiger partial charge in [-0.25, -0.2) is 0 Å². The molecule has 0 radical (unpaired) electrons. The van der Waals surface area contributed by atoms with Crippen molar-refractivity contribution >= 4 is 23.2 Å². The van der Waals surface area contributed by atoms with Gasteiger partial charge in [-0.1, -0.05) is 6.07 Å². The highest BCUT2D eigenvalue weighted by molar-refractivity contribution is 7.93. The summed E-state index contributed by atoms with van der Waals surface area (Å²) in [6.45, 7) is 0.133. The molecule has 1 unspecified atom stereocenters. The van der Waals surface area contributed by atoms with Gasteiger partial charge in [-0.15, -0.1) is 0 Å². The Labute approximate surface area is 191 Å². The van der Waals surface area contributed by atoms with Gasteiger partial charge in [0, 0.05) is 23.8 Å². The van der Waals surface area contributed by atoms with Gasteiger partial charge in [0.2, 0.25) is 0 Å². The molecular formula is C23H29NO7S. The molecule has 0 aliphatic carbocycles. The highest BCUT2D eigenvalue weighted by Gasteiger charge is 2.15. The molecule has 1 atom stereocenters. The Kier molecular flexibility index (Phi) is 9.70. The number of esters is 1. The molecular weight excluding hydrogens is 434 g/mol. The fourth-order valence-electron chi connectivity index (χ4n) is 2.86. The van der Waals surface area contributed by atoms with Crippen molar-refractivity contribution in [1.82, 2.24) is 4.90 Å². The lowest BCUT2D eigenvalue weighted by molar-refractivity contribution is -0.135. The third kappa shape index (κ3) is 7.08. The lowest BCUT2D eigenvalue weighted by Crippen LogP contribution is -2.25. The zero-order valence-corrected chi connectivity index (χ0v) is 20.0.